The van der Waals surface area contributed by atoms with Gasteiger partial charge >= 0.3 is 13.6 Å². The fraction of sp³-hybridized carbons (Fsp3) is 0.341. The van der Waals surface area contributed by atoms with Crippen LogP contribution in [0.15, 0.2) is 97.2 Å². The van der Waals surface area contributed by atoms with Gasteiger partial charge in [-0.1, -0.05) is 92.7 Å². The van der Waals surface area contributed by atoms with Crippen molar-refractivity contribution in [2.45, 2.75) is 64.1 Å². The van der Waals surface area contributed by atoms with Gasteiger partial charge in [-0.25, -0.2) is 4.79 Å². The van der Waals surface area contributed by atoms with Gasteiger partial charge in [-0.05, 0) is 58.4 Å². The maximum absolute atomic E-state index is 14.3. The lowest BCUT2D eigenvalue weighted by molar-refractivity contribution is -0.149. The number of nitrogens with zero attached hydrogens (tertiary/aromatic N) is 1. The van der Waals surface area contributed by atoms with Crippen LogP contribution in [0.3, 0.4) is 0 Å². The van der Waals surface area contributed by atoms with Gasteiger partial charge in [0.05, 0.1) is 6.04 Å². The molecule has 0 spiro atoms. The Morgan fingerprint density at radius 1 is 0.906 bits per heavy atom. The second kappa shape index (κ2) is 16.9. The van der Waals surface area contributed by atoms with Crippen LogP contribution < -0.4 is 10.6 Å². The van der Waals surface area contributed by atoms with E-state index in [9.17, 15) is 18.9 Å². The molecule has 0 radical (unpaired) electrons. The van der Waals surface area contributed by atoms with Gasteiger partial charge in [0.25, 0.3) is 5.91 Å². The maximum Gasteiger partial charge on any atom is 0.346 e. The molecule has 0 fully saturated rings. The van der Waals surface area contributed by atoms with Crippen LogP contribution in [0.4, 0.5) is 0 Å². The Kier molecular flexibility index (Phi) is 12.1. The third-order valence-corrected chi connectivity index (χ3v) is 12.0. The van der Waals surface area contributed by atoms with Crippen molar-refractivity contribution in [1.82, 2.24) is 20.5 Å². The topological polar surface area (TPSA) is 139 Å². The highest BCUT2D eigenvalue weighted by Crippen LogP contribution is 2.52. The highest BCUT2D eigenvalue weighted by atomic mass is 31.2. The predicted molar refractivity (Wildman–Crippen MR) is 205 cm³/mol. The second-order valence-corrected chi connectivity index (χ2v) is 16.3. The van der Waals surface area contributed by atoms with E-state index in [1.54, 1.807) is 4.90 Å². The normalized spacial score (nSPS) is 14.7. The molecule has 6 rings (SSSR count). The van der Waals surface area contributed by atoms with Crippen molar-refractivity contribution in [2.24, 2.45) is 5.92 Å². The van der Waals surface area contributed by atoms with Crippen molar-refractivity contribution in [3.63, 3.8) is 0 Å². The largest absolute Gasteiger partial charge is 0.459 e. The summed E-state index contributed by atoms with van der Waals surface area (Å²) in [5.41, 5.74) is 4.23. The molecule has 11 nitrogen and oxygen atoms in total. The number of ether oxygens (including phenoxy) is 1. The summed E-state index contributed by atoms with van der Waals surface area (Å²) in [5.74, 6) is -2.07. The molecule has 2 amide bonds. The number of para-hydroxylation sites is 1. The predicted octanol–water partition coefficient (Wildman–Crippen LogP) is 6.95. The monoisotopic (exact) mass is 738 g/mol. The molecule has 2 heterocycles. The fourth-order valence-corrected chi connectivity index (χ4v) is 8.52. The second-order valence-electron chi connectivity index (χ2n) is 13.8. The molecule has 4 aromatic carbocycles. The number of esters is 1. The number of benzene rings is 4. The average Bonchev–Trinajstić information content (AvgIpc) is 3.58. The van der Waals surface area contributed by atoms with Crippen molar-refractivity contribution in [1.29, 1.82) is 0 Å². The molecule has 1 aliphatic heterocycles. The third kappa shape index (κ3) is 8.71. The standard InChI is InChI=1S/C41H47N4O7P/c1-27(2)22-35(39(46)44-36(41(48)52-26-28-12-6-5-7-13-28)23-31-24-42-34-19-9-8-17-32(31)34)43-37(53(49,50-3)51-4)20-21-45-25-30-16-10-14-29-15-11-18-33(38(29)30)40(45)47/h5-19,24,27,35-37,42-43H,20-23,25-26H2,1-4H3,(H,44,46)/t35-,36-,37?/m0/s1. The van der Waals surface area contributed by atoms with Gasteiger partial charge in [0.1, 0.15) is 18.4 Å². The molecule has 0 aliphatic carbocycles. The Bertz CT molecular complexity index is 2100. The Morgan fingerprint density at radius 2 is 1.62 bits per heavy atom. The minimum Gasteiger partial charge on any atom is -0.459 e. The molecule has 53 heavy (non-hydrogen) atoms. The molecule has 278 valence electrons. The Hall–Kier alpha value is -4.80. The number of nitrogens with one attached hydrogen (secondary N) is 3. The van der Waals surface area contributed by atoms with E-state index in [4.69, 9.17) is 13.8 Å². The summed E-state index contributed by atoms with van der Waals surface area (Å²) in [6.07, 6.45) is 2.54. The quantitative estimate of drug-likeness (QED) is 0.0688. The highest BCUT2D eigenvalue weighted by molar-refractivity contribution is 7.54. The molecule has 12 heteroatoms. The molecular weight excluding hydrogens is 691 g/mol. The van der Waals surface area contributed by atoms with Crippen molar-refractivity contribution in [2.75, 3.05) is 20.8 Å². The van der Waals surface area contributed by atoms with E-state index >= 15 is 0 Å². The van der Waals surface area contributed by atoms with E-state index in [-0.39, 0.29) is 37.8 Å². The molecule has 0 bridgehead atoms. The lowest BCUT2D eigenvalue weighted by Crippen LogP contribution is -2.54. The number of aromatic nitrogens is 1. The SMILES string of the molecule is COP(=O)(OC)C(CCN1Cc2cccc3cccc(c23)C1=O)N[C@@H](CC(C)C)C(=O)N[C@@H](Cc1c[nH]c2ccccc12)C(=O)OCc1ccccc1. The van der Waals surface area contributed by atoms with Crippen molar-refractivity contribution >= 4 is 47.1 Å². The van der Waals surface area contributed by atoms with E-state index in [0.717, 1.165) is 38.4 Å². The summed E-state index contributed by atoms with van der Waals surface area (Å²) in [5, 5.41) is 9.14. The summed E-state index contributed by atoms with van der Waals surface area (Å²) >= 11 is 0. The van der Waals surface area contributed by atoms with Crippen molar-refractivity contribution < 1.29 is 32.7 Å². The summed E-state index contributed by atoms with van der Waals surface area (Å²) in [7, 11) is -1.21. The summed E-state index contributed by atoms with van der Waals surface area (Å²) in [6.45, 7) is 4.62. The number of hydrogen-bond donors (Lipinski definition) is 3. The first-order valence-electron chi connectivity index (χ1n) is 17.9. The number of amides is 2. The van der Waals surface area contributed by atoms with E-state index in [1.807, 2.05) is 111 Å². The van der Waals surface area contributed by atoms with E-state index < -0.39 is 37.3 Å². The number of rotatable bonds is 17. The van der Waals surface area contributed by atoms with Crippen LogP contribution in [-0.2, 0) is 47.5 Å². The van der Waals surface area contributed by atoms with Gasteiger partial charge in [0.15, 0.2) is 0 Å². The Balaban J connectivity index is 1.22. The number of H-pyrrole nitrogens is 1. The maximum atomic E-state index is 14.3. The zero-order valence-electron chi connectivity index (χ0n) is 30.5. The number of carbonyl (C=O) groups excluding carboxylic acids is 3. The molecule has 0 saturated carbocycles. The smallest absolute Gasteiger partial charge is 0.346 e. The van der Waals surface area contributed by atoms with Gasteiger partial charge in [0.2, 0.25) is 5.91 Å². The van der Waals surface area contributed by atoms with Crippen molar-refractivity contribution in [3.05, 3.63) is 119 Å². The van der Waals surface area contributed by atoms with Crippen LogP contribution in [0.2, 0.25) is 0 Å². The van der Waals surface area contributed by atoms with E-state index in [1.165, 1.54) is 14.2 Å². The third-order valence-electron chi connectivity index (χ3n) is 9.77. The summed E-state index contributed by atoms with van der Waals surface area (Å²) in [6, 6.07) is 26.9. The molecule has 3 atom stereocenters. The van der Waals surface area contributed by atoms with Crippen LogP contribution in [0, 0.1) is 5.92 Å². The minimum absolute atomic E-state index is 0.0427. The fourth-order valence-electron chi connectivity index (χ4n) is 7.07. The van der Waals surface area contributed by atoms with Crippen LogP contribution in [0.1, 0.15) is 53.7 Å². The van der Waals surface area contributed by atoms with Crippen LogP contribution in [-0.4, -0.2) is 66.3 Å². The zero-order chi connectivity index (χ0) is 37.5. The molecule has 1 unspecified atom stereocenters. The molecule has 3 N–H and O–H groups in total. The molecule has 0 saturated heterocycles. The first-order valence-corrected chi connectivity index (χ1v) is 19.5. The number of aromatic amines is 1. The van der Waals surface area contributed by atoms with Crippen LogP contribution in [0.5, 0.6) is 0 Å². The number of carbonyl (C=O) groups is 3. The van der Waals surface area contributed by atoms with E-state index in [2.05, 4.69) is 15.6 Å². The Morgan fingerprint density at radius 3 is 2.36 bits per heavy atom. The van der Waals surface area contributed by atoms with Gasteiger partial charge in [0, 0.05) is 56.4 Å². The molecule has 1 aliphatic rings. The van der Waals surface area contributed by atoms with Gasteiger partial charge in [-0.2, -0.15) is 0 Å². The summed E-state index contributed by atoms with van der Waals surface area (Å²) in [4.78, 5) is 46.6. The van der Waals surface area contributed by atoms with Gasteiger partial charge in [-0.15, -0.1) is 0 Å². The van der Waals surface area contributed by atoms with Crippen LogP contribution in [0.25, 0.3) is 21.7 Å². The first kappa shape index (κ1) is 37.9. The zero-order valence-corrected chi connectivity index (χ0v) is 31.4. The highest BCUT2D eigenvalue weighted by Gasteiger charge is 2.39. The molecule has 1 aromatic heterocycles. The van der Waals surface area contributed by atoms with Crippen LogP contribution >= 0.6 is 7.60 Å². The lowest BCUT2D eigenvalue weighted by atomic mass is 9.94. The van der Waals surface area contributed by atoms with E-state index in [0.29, 0.717) is 18.5 Å². The lowest BCUT2D eigenvalue weighted by Gasteiger charge is -2.33. The average molecular weight is 739 g/mol. The van der Waals surface area contributed by atoms with Crippen molar-refractivity contribution in [3.8, 4) is 0 Å². The van der Waals surface area contributed by atoms with Gasteiger partial charge < -0.3 is 29.0 Å². The number of fused-ring (bicyclic) bond motifs is 1. The Labute approximate surface area is 309 Å². The first-order chi connectivity index (χ1) is 25.6. The molecule has 5 aromatic rings. The number of hydrogen-bond acceptors (Lipinski definition) is 8. The molecular formula is C41H47N4O7P. The summed E-state index contributed by atoms with van der Waals surface area (Å²) < 4.78 is 30.7. The van der Waals surface area contributed by atoms with Gasteiger partial charge in [-0.3, -0.25) is 19.5 Å². The minimum atomic E-state index is -3.82.